The predicted octanol–water partition coefficient (Wildman–Crippen LogP) is 4.44. The van der Waals surface area contributed by atoms with E-state index >= 15 is 0 Å². The monoisotopic (exact) mass is 619 g/mol. The van der Waals surface area contributed by atoms with Crippen molar-refractivity contribution >= 4 is 67.7 Å². The Morgan fingerprint density at radius 1 is 1.06 bits per heavy atom. The number of carbonyl (C=O) groups is 2. The predicted molar refractivity (Wildman–Crippen MR) is 135 cm³/mol. The summed E-state index contributed by atoms with van der Waals surface area (Å²) in [7, 11) is 1.56. The van der Waals surface area contributed by atoms with E-state index in [2.05, 4.69) is 68.5 Å². The van der Waals surface area contributed by atoms with E-state index in [1.54, 1.807) is 43.5 Å². The van der Waals surface area contributed by atoms with Crippen molar-refractivity contribution in [3.63, 3.8) is 0 Å². The number of halogens is 2. The molecule has 7 nitrogen and oxygen atoms in total. The van der Waals surface area contributed by atoms with Gasteiger partial charge in [-0.25, -0.2) is 0 Å². The number of hydrogen-bond donors (Lipinski definition) is 3. The number of thiocarbonyl (C=S) groups is 1. The van der Waals surface area contributed by atoms with Crippen LogP contribution in [0.3, 0.4) is 0 Å². The lowest BCUT2D eigenvalue weighted by atomic mass is 10.1. The summed E-state index contributed by atoms with van der Waals surface area (Å²) in [6.07, 6.45) is 0.940. The van der Waals surface area contributed by atoms with Crippen LogP contribution in [0.2, 0.25) is 0 Å². The van der Waals surface area contributed by atoms with E-state index in [0.29, 0.717) is 39.6 Å². The van der Waals surface area contributed by atoms with Gasteiger partial charge in [-0.1, -0.05) is 13.8 Å². The summed E-state index contributed by atoms with van der Waals surface area (Å²) in [5.74, 6) is 1.07. The Hall–Kier alpha value is -1.92. The molecular formula is C21H23BrIN3O4S. The average molecular weight is 620 g/mol. The lowest BCUT2D eigenvalue weighted by molar-refractivity contribution is 0.0934. The minimum atomic E-state index is -0.417. The zero-order valence-corrected chi connectivity index (χ0v) is 21.8. The molecule has 0 saturated carbocycles. The number of nitrogens with one attached hydrogen (secondary N) is 3. The topological polar surface area (TPSA) is 88.7 Å². The van der Waals surface area contributed by atoms with Crippen molar-refractivity contribution in [3.8, 4) is 11.5 Å². The van der Waals surface area contributed by atoms with Gasteiger partial charge in [0.2, 0.25) is 0 Å². The van der Waals surface area contributed by atoms with E-state index in [4.69, 9.17) is 21.7 Å². The molecule has 0 radical (unpaired) electrons. The Labute approximate surface area is 208 Å². The van der Waals surface area contributed by atoms with Crippen LogP contribution in [0.15, 0.2) is 40.9 Å². The van der Waals surface area contributed by atoms with Crippen LogP contribution in [0.25, 0.3) is 0 Å². The number of amides is 2. The van der Waals surface area contributed by atoms with Gasteiger partial charge in [0.25, 0.3) is 11.8 Å². The van der Waals surface area contributed by atoms with Crippen LogP contribution in [0.1, 0.15) is 41.0 Å². The molecule has 0 fully saturated rings. The van der Waals surface area contributed by atoms with E-state index in [-0.39, 0.29) is 5.11 Å². The molecule has 2 rings (SSSR count). The van der Waals surface area contributed by atoms with Gasteiger partial charge >= 0.3 is 0 Å². The van der Waals surface area contributed by atoms with Crippen LogP contribution in [0, 0.1) is 9.49 Å². The first-order chi connectivity index (χ1) is 14.7. The van der Waals surface area contributed by atoms with Crippen LogP contribution in [-0.4, -0.2) is 30.6 Å². The third-order valence-electron chi connectivity index (χ3n) is 4.08. The number of ether oxygens (including phenoxy) is 2. The van der Waals surface area contributed by atoms with Gasteiger partial charge in [0.1, 0.15) is 11.5 Å². The Kier molecular flexibility index (Phi) is 9.97. The van der Waals surface area contributed by atoms with E-state index in [9.17, 15) is 9.59 Å². The summed E-state index contributed by atoms with van der Waals surface area (Å²) < 4.78 is 12.4. The maximum absolute atomic E-state index is 12.4. The molecule has 0 saturated heterocycles. The van der Waals surface area contributed by atoms with Gasteiger partial charge in [-0.15, -0.1) is 0 Å². The number of rotatable bonds is 7. The number of benzene rings is 2. The van der Waals surface area contributed by atoms with E-state index < -0.39 is 11.8 Å². The Morgan fingerprint density at radius 2 is 1.71 bits per heavy atom. The molecule has 2 aromatic rings. The lowest BCUT2D eigenvalue weighted by Crippen LogP contribution is -2.48. The fourth-order valence-corrected chi connectivity index (χ4v) is 3.74. The minimum Gasteiger partial charge on any atom is -0.496 e. The molecule has 2 aromatic carbocycles. The molecule has 0 aromatic heterocycles. The number of hydrazine groups is 1. The summed E-state index contributed by atoms with van der Waals surface area (Å²) >= 11 is 10.6. The van der Waals surface area contributed by atoms with Crippen molar-refractivity contribution in [1.29, 1.82) is 0 Å². The zero-order valence-electron chi connectivity index (χ0n) is 17.3. The smallest absolute Gasteiger partial charge is 0.269 e. The summed E-state index contributed by atoms with van der Waals surface area (Å²) in [5.41, 5.74) is 5.79. The van der Waals surface area contributed by atoms with Crippen molar-refractivity contribution in [3.05, 3.63) is 55.6 Å². The first-order valence-corrected chi connectivity index (χ1v) is 11.7. The first-order valence-electron chi connectivity index (χ1n) is 9.38. The van der Waals surface area contributed by atoms with Crippen molar-refractivity contribution in [2.45, 2.75) is 20.3 Å². The van der Waals surface area contributed by atoms with Gasteiger partial charge in [-0.3, -0.25) is 25.8 Å². The molecule has 2 amide bonds. The summed E-state index contributed by atoms with van der Waals surface area (Å²) in [4.78, 5) is 24.7. The number of carbonyl (C=O) groups excluding carboxylic acids is 2. The summed E-state index contributed by atoms with van der Waals surface area (Å²) in [5, 5.41) is 2.49. The zero-order chi connectivity index (χ0) is 23.0. The highest BCUT2D eigenvalue weighted by molar-refractivity contribution is 14.1. The van der Waals surface area contributed by atoms with Crippen LogP contribution >= 0.6 is 50.7 Å². The van der Waals surface area contributed by atoms with Crippen molar-refractivity contribution in [1.82, 2.24) is 16.2 Å². The lowest BCUT2D eigenvalue weighted by Gasteiger charge is -2.13. The normalized spacial score (nSPS) is 10.4. The average Bonchev–Trinajstić information content (AvgIpc) is 2.72. The Bertz CT molecular complexity index is 972. The minimum absolute atomic E-state index is 0.0325. The first kappa shape index (κ1) is 25.3. The highest BCUT2D eigenvalue weighted by atomic mass is 127. The second-order valence-corrected chi connectivity index (χ2v) is 9.31. The van der Waals surface area contributed by atoms with Gasteiger partial charge in [0, 0.05) is 11.1 Å². The maximum Gasteiger partial charge on any atom is 0.269 e. The molecule has 0 unspecified atom stereocenters. The Morgan fingerprint density at radius 3 is 2.29 bits per heavy atom. The van der Waals surface area contributed by atoms with E-state index in [1.807, 2.05) is 0 Å². The second kappa shape index (κ2) is 12.2. The maximum atomic E-state index is 12.4. The van der Waals surface area contributed by atoms with Crippen LogP contribution in [0.4, 0.5) is 0 Å². The van der Waals surface area contributed by atoms with Crippen molar-refractivity contribution in [2.24, 2.45) is 5.92 Å². The molecule has 0 atom stereocenters. The quantitative estimate of drug-likeness (QED) is 0.241. The van der Waals surface area contributed by atoms with Gasteiger partial charge < -0.3 is 9.47 Å². The highest BCUT2D eigenvalue weighted by Gasteiger charge is 2.13. The standard InChI is InChI=1S/C21H23BrIN3O4S/c1-12(2)8-9-30-17-6-4-13(10-15(17)22)19(27)24-21(31)26-25-20(28)14-5-7-18(29-3)16(23)11-14/h4-7,10-12H,8-9H2,1-3H3,(H,25,28)(H2,24,26,27,31). The molecule has 0 bridgehead atoms. The number of hydrogen-bond acceptors (Lipinski definition) is 5. The van der Waals surface area contributed by atoms with Crippen LogP contribution in [-0.2, 0) is 0 Å². The van der Waals surface area contributed by atoms with E-state index in [0.717, 1.165) is 9.99 Å². The SMILES string of the molecule is COc1ccc(C(=O)NNC(=S)NC(=O)c2ccc(OCCC(C)C)c(Br)c2)cc1I. The third kappa shape index (κ3) is 7.93. The molecule has 0 aliphatic rings. The largest absolute Gasteiger partial charge is 0.496 e. The van der Waals surface area contributed by atoms with E-state index in [1.165, 1.54) is 0 Å². The molecule has 10 heteroatoms. The highest BCUT2D eigenvalue weighted by Crippen LogP contribution is 2.26. The molecule has 0 heterocycles. The third-order valence-corrected chi connectivity index (χ3v) is 5.74. The van der Waals surface area contributed by atoms with Crippen molar-refractivity contribution < 1.29 is 19.1 Å². The fraction of sp³-hybridized carbons (Fsp3) is 0.286. The Balaban J connectivity index is 1.87. The number of methoxy groups -OCH3 is 1. The van der Waals surface area contributed by atoms with Gasteiger partial charge in [0.05, 0.1) is 21.8 Å². The van der Waals surface area contributed by atoms with Gasteiger partial charge in [0.15, 0.2) is 5.11 Å². The molecule has 0 spiro atoms. The van der Waals surface area contributed by atoms with Crippen LogP contribution in [0.5, 0.6) is 11.5 Å². The second-order valence-electron chi connectivity index (χ2n) is 6.89. The van der Waals surface area contributed by atoms with Crippen molar-refractivity contribution in [2.75, 3.05) is 13.7 Å². The summed E-state index contributed by atoms with van der Waals surface area (Å²) in [6, 6.07) is 10.0. The summed E-state index contributed by atoms with van der Waals surface area (Å²) in [6.45, 7) is 4.86. The van der Waals surface area contributed by atoms with Gasteiger partial charge in [-0.2, -0.15) is 0 Å². The van der Waals surface area contributed by atoms with Gasteiger partial charge in [-0.05, 0) is 99.5 Å². The molecule has 166 valence electrons. The molecule has 0 aliphatic heterocycles. The molecular weight excluding hydrogens is 597 g/mol. The molecule has 0 aliphatic carbocycles. The fourth-order valence-electron chi connectivity index (χ4n) is 2.36. The molecule has 31 heavy (non-hydrogen) atoms. The molecule has 3 N–H and O–H groups in total. The van der Waals surface area contributed by atoms with Crippen LogP contribution < -0.4 is 25.6 Å².